The van der Waals surface area contributed by atoms with Crippen molar-refractivity contribution < 1.29 is 18.4 Å². The van der Waals surface area contributed by atoms with Gasteiger partial charge in [-0.3, -0.25) is 9.59 Å². The fraction of sp³-hybridized carbons (Fsp3) is 0.333. The first-order valence-electron chi connectivity index (χ1n) is 5.17. The fourth-order valence-corrected chi connectivity index (χ4v) is 1.15. The highest BCUT2D eigenvalue weighted by atomic mass is 19.1. The summed E-state index contributed by atoms with van der Waals surface area (Å²) in [5.41, 5.74) is -0.132. The lowest BCUT2D eigenvalue weighted by Crippen LogP contribution is -2.20. The third-order valence-electron chi connectivity index (χ3n) is 2.18. The van der Waals surface area contributed by atoms with Gasteiger partial charge in [-0.15, -0.1) is 0 Å². The van der Waals surface area contributed by atoms with Gasteiger partial charge >= 0.3 is 0 Å². The lowest BCUT2D eigenvalue weighted by atomic mass is 10.1. The van der Waals surface area contributed by atoms with Crippen LogP contribution in [-0.4, -0.2) is 11.7 Å². The maximum atomic E-state index is 13.2. The Hall–Kier alpha value is -1.78. The molecule has 0 bridgehead atoms. The number of rotatable bonds is 4. The standard InChI is InChI=1S/C12H13F2NO2/c1-7(2)11(16)6-12(17)15-10-4-3-8(13)5-9(10)14/h3-5,7H,6H2,1-2H3,(H,15,17). The molecular weight excluding hydrogens is 228 g/mol. The van der Waals surface area contributed by atoms with Gasteiger partial charge in [-0.1, -0.05) is 13.8 Å². The molecule has 1 rings (SSSR count). The molecule has 1 N–H and O–H groups in total. The Kier molecular flexibility index (Phi) is 4.31. The number of ketones is 1. The van der Waals surface area contributed by atoms with Crippen LogP contribution in [0.1, 0.15) is 20.3 Å². The number of halogens is 2. The highest BCUT2D eigenvalue weighted by Crippen LogP contribution is 2.15. The van der Waals surface area contributed by atoms with Gasteiger partial charge in [0, 0.05) is 12.0 Å². The maximum absolute atomic E-state index is 13.2. The monoisotopic (exact) mass is 241 g/mol. The van der Waals surface area contributed by atoms with Gasteiger partial charge in [0.2, 0.25) is 5.91 Å². The Labute approximate surface area is 97.8 Å². The first kappa shape index (κ1) is 13.3. The largest absolute Gasteiger partial charge is 0.323 e. The van der Waals surface area contributed by atoms with Crippen LogP contribution in [0.15, 0.2) is 18.2 Å². The van der Waals surface area contributed by atoms with Gasteiger partial charge in [0.1, 0.15) is 17.4 Å². The highest BCUT2D eigenvalue weighted by molar-refractivity contribution is 6.04. The average Bonchev–Trinajstić information content (AvgIpc) is 2.22. The summed E-state index contributed by atoms with van der Waals surface area (Å²) in [4.78, 5) is 22.6. The molecule has 1 aromatic carbocycles. The molecule has 1 amide bonds. The molecular formula is C12H13F2NO2. The van der Waals surface area contributed by atoms with Gasteiger partial charge in [-0.2, -0.15) is 0 Å². The molecule has 0 fully saturated rings. The zero-order valence-electron chi connectivity index (χ0n) is 9.59. The molecule has 0 spiro atoms. The Bertz CT molecular complexity index is 444. The fourth-order valence-electron chi connectivity index (χ4n) is 1.15. The second kappa shape index (κ2) is 5.52. The maximum Gasteiger partial charge on any atom is 0.231 e. The number of nitrogens with one attached hydrogen (secondary N) is 1. The third kappa shape index (κ3) is 3.94. The smallest absolute Gasteiger partial charge is 0.231 e. The van der Waals surface area contributed by atoms with E-state index in [-0.39, 0.29) is 23.8 Å². The van der Waals surface area contributed by atoms with E-state index in [1.165, 1.54) is 0 Å². The van der Waals surface area contributed by atoms with Crippen molar-refractivity contribution in [2.45, 2.75) is 20.3 Å². The molecule has 0 saturated carbocycles. The molecule has 3 nitrogen and oxygen atoms in total. The van der Waals surface area contributed by atoms with Crippen LogP contribution in [0.3, 0.4) is 0 Å². The van der Waals surface area contributed by atoms with Crippen LogP contribution in [0, 0.1) is 17.6 Å². The van der Waals surface area contributed by atoms with Crippen molar-refractivity contribution in [2.24, 2.45) is 5.92 Å². The molecule has 0 aromatic heterocycles. The number of carbonyl (C=O) groups excluding carboxylic acids is 2. The van der Waals surface area contributed by atoms with Gasteiger partial charge in [0.15, 0.2) is 0 Å². The SMILES string of the molecule is CC(C)C(=O)CC(=O)Nc1ccc(F)cc1F. The quantitative estimate of drug-likeness (QED) is 0.823. The number of amides is 1. The summed E-state index contributed by atoms with van der Waals surface area (Å²) in [6, 6.07) is 2.81. The lowest BCUT2D eigenvalue weighted by molar-refractivity contribution is -0.127. The van der Waals surface area contributed by atoms with Crippen LogP contribution in [-0.2, 0) is 9.59 Å². The topological polar surface area (TPSA) is 46.2 Å². The molecule has 0 saturated heterocycles. The van der Waals surface area contributed by atoms with E-state index in [1.54, 1.807) is 13.8 Å². The minimum Gasteiger partial charge on any atom is -0.323 e. The van der Waals surface area contributed by atoms with Crippen molar-refractivity contribution in [3.8, 4) is 0 Å². The molecule has 0 aliphatic rings. The van der Waals surface area contributed by atoms with Gasteiger partial charge in [0.25, 0.3) is 0 Å². The molecule has 1 aromatic rings. The van der Waals surface area contributed by atoms with Gasteiger partial charge in [-0.25, -0.2) is 8.78 Å². The van der Waals surface area contributed by atoms with Crippen molar-refractivity contribution in [1.29, 1.82) is 0 Å². The summed E-state index contributed by atoms with van der Waals surface area (Å²) in [6.45, 7) is 3.35. The van der Waals surface area contributed by atoms with E-state index in [2.05, 4.69) is 5.32 Å². The summed E-state index contributed by atoms with van der Waals surface area (Å²) in [5, 5.41) is 2.22. The summed E-state index contributed by atoms with van der Waals surface area (Å²) in [6.07, 6.45) is -0.311. The van der Waals surface area contributed by atoms with Crippen molar-refractivity contribution in [2.75, 3.05) is 5.32 Å². The molecule has 17 heavy (non-hydrogen) atoms. The molecule has 0 atom stereocenters. The predicted octanol–water partition coefficient (Wildman–Crippen LogP) is 2.52. The number of carbonyl (C=O) groups is 2. The summed E-state index contributed by atoms with van der Waals surface area (Å²) in [7, 11) is 0. The number of Topliss-reactive ketones (excluding diaryl/α,β-unsaturated/α-hetero) is 1. The van der Waals surface area contributed by atoms with Crippen LogP contribution in [0.5, 0.6) is 0 Å². The van der Waals surface area contributed by atoms with E-state index in [0.717, 1.165) is 12.1 Å². The van der Waals surface area contributed by atoms with E-state index in [1.807, 2.05) is 0 Å². The molecule has 92 valence electrons. The van der Waals surface area contributed by atoms with Crippen molar-refractivity contribution >= 4 is 17.4 Å². The predicted molar refractivity (Wildman–Crippen MR) is 59.4 cm³/mol. The summed E-state index contributed by atoms with van der Waals surface area (Å²) in [5.74, 6) is -2.67. The van der Waals surface area contributed by atoms with E-state index in [0.29, 0.717) is 6.07 Å². The van der Waals surface area contributed by atoms with E-state index in [4.69, 9.17) is 0 Å². The summed E-state index contributed by atoms with van der Waals surface area (Å²) >= 11 is 0. The molecule has 0 aliphatic heterocycles. The normalized spacial score (nSPS) is 10.4. The molecule has 0 radical (unpaired) electrons. The van der Waals surface area contributed by atoms with Crippen LogP contribution >= 0.6 is 0 Å². The number of benzene rings is 1. The van der Waals surface area contributed by atoms with Gasteiger partial charge in [0.05, 0.1) is 12.1 Å². The Morgan fingerprint density at radius 1 is 1.29 bits per heavy atom. The van der Waals surface area contributed by atoms with Crippen molar-refractivity contribution in [3.05, 3.63) is 29.8 Å². The zero-order chi connectivity index (χ0) is 13.0. The van der Waals surface area contributed by atoms with E-state index < -0.39 is 17.5 Å². The van der Waals surface area contributed by atoms with Crippen LogP contribution < -0.4 is 5.32 Å². The second-order valence-electron chi connectivity index (χ2n) is 3.97. The zero-order valence-corrected chi connectivity index (χ0v) is 9.59. The Morgan fingerprint density at radius 3 is 2.47 bits per heavy atom. The van der Waals surface area contributed by atoms with Crippen LogP contribution in [0.2, 0.25) is 0 Å². The van der Waals surface area contributed by atoms with Gasteiger partial charge in [-0.05, 0) is 12.1 Å². The Balaban J connectivity index is 2.65. The third-order valence-corrected chi connectivity index (χ3v) is 2.18. The number of hydrogen-bond donors (Lipinski definition) is 1. The summed E-state index contributed by atoms with van der Waals surface area (Å²) < 4.78 is 25.8. The second-order valence-corrected chi connectivity index (χ2v) is 3.97. The average molecular weight is 241 g/mol. The Morgan fingerprint density at radius 2 is 1.94 bits per heavy atom. The number of anilines is 1. The van der Waals surface area contributed by atoms with Crippen LogP contribution in [0.4, 0.5) is 14.5 Å². The molecule has 0 unspecified atom stereocenters. The first-order chi connectivity index (χ1) is 7.90. The van der Waals surface area contributed by atoms with Crippen LogP contribution in [0.25, 0.3) is 0 Å². The number of hydrogen-bond acceptors (Lipinski definition) is 2. The lowest BCUT2D eigenvalue weighted by Gasteiger charge is -2.07. The van der Waals surface area contributed by atoms with E-state index >= 15 is 0 Å². The van der Waals surface area contributed by atoms with Crippen molar-refractivity contribution in [1.82, 2.24) is 0 Å². The van der Waals surface area contributed by atoms with E-state index in [9.17, 15) is 18.4 Å². The minimum atomic E-state index is -0.865. The van der Waals surface area contributed by atoms with Crippen molar-refractivity contribution in [3.63, 3.8) is 0 Å². The highest BCUT2D eigenvalue weighted by Gasteiger charge is 2.14. The minimum absolute atomic E-state index is 0.132. The molecule has 0 aliphatic carbocycles. The van der Waals surface area contributed by atoms with Gasteiger partial charge < -0.3 is 5.32 Å². The molecule has 0 heterocycles. The first-order valence-corrected chi connectivity index (χ1v) is 5.17. The molecule has 5 heteroatoms.